The van der Waals surface area contributed by atoms with Crippen LogP contribution in [0.3, 0.4) is 0 Å². The molecule has 0 fully saturated rings. The summed E-state index contributed by atoms with van der Waals surface area (Å²) in [5.74, 6) is -0.175. The third kappa shape index (κ3) is 2.95. The van der Waals surface area contributed by atoms with Gasteiger partial charge < -0.3 is 19.7 Å². The Hall–Kier alpha value is -2.61. The molecule has 0 saturated heterocycles. The average Bonchev–Trinajstić information content (AvgIpc) is 2.91. The maximum absolute atomic E-state index is 11.3. The van der Waals surface area contributed by atoms with Crippen LogP contribution < -0.4 is 9.47 Å². The molecule has 0 aliphatic carbocycles. The number of hydrogen-bond donors (Lipinski definition) is 2. The molecule has 0 amide bonds. The molecule has 0 aliphatic heterocycles. The van der Waals surface area contributed by atoms with E-state index in [2.05, 4.69) is 10.3 Å². The first-order chi connectivity index (χ1) is 10.1. The fraction of sp³-hybridized carbons (Fsp3) is 0.308. The number of carboxylic acid groups (broad SMARTS) is 1. The van der Waals surface area contributed by atoms with Gasteiger partial charge in [-0.3, -0.25) is 0 Å². The number of nitrogens with zero attached hydrogens (tertiary/aromatic N) is 3. The predicted octanol–water partition coefficient (Wildman–Crippen LogP) is 0.653. The second kappa shape index (κ2) is 6.23. The molecular weight excluding hydrogens is 278 g/mol. The fourth-order valence-electron chi connectivity index (χ4n) is 1.94. The van der Waals surface area contributed by atoms with Crippen LogP contribution in [0.1, 0.15) is 10.5 Å². The number of benzene rings is 1. The number of ether oxygens (including phenoxy) is 2. The van der Waals surface area contributed by atoms with Gasteiger partial charge in [0.15, 0.2) is 5.69 Å². The average molecular weight is 293 g/mol. The van der Waals surface area contributed by atoms with Crippen LogP contribution in [-0.4, -0.2) is 52.0 Å². The lowest BCUT2D eigenvalue weighted by atomic mass is 10.1. The highest BCUT2D eigenvalue weighted by Crippen LogP contribution is 2.31. The van der Waals surface area contributed by atoms with Gasteiger partial charge in [-0.1, -0.05) is 5.21 Å². The summed E-state index contributed by atoms with van der Waals surface area (Å²) in [6.45, 7) is -0.0499. The van der Waals surface area contributed by atoms with E-state index in [-0.39, 0.29) is 24.5 Å². The van der Waals surface area contributed by atoms with Gasteiger partial charge in [-0.25, -0.2) is 9.48 Å². The lowest BCUT2D eigenvalue weighted by molar-refractivity contribution is 0.0691. The fourth-order valence-corrected chi connectivity index (χ4v) is 1.94. The second-order valence-electron chi connectivity index (χ2n) is 4.14. The van der Waals surface area contributed by atoms with Gasteiger partial charge in [-0.05, 0) is 12.1 Å². The van der Waals surface area contributed by atoms with Crippen LogP contribution in [0, 0.1) is 0 Å². The zero-order chi connectivity index (χ0) is 15.4. The van der Waals surface area contributed by atoms with E-state index >= 15 is 0 Å². The summed E-state index contributed by atoms with van der Waals surface area (Å²) in [7, 11) is 3.00. The predicted molar refractivity (Wildman–Crippen MR) is 72.6 cm³/mol. The van der Waals surface area contributed by atoms with Gasteiger partial charge in [0.05, 0.1) is 27.4 Å². The van der Waals surface area contributed by atoms with Crippen molar-refractivity contribution < 1.29 is 24.5 Å². The molecule has 8 nitrogen and oxygen atoms in total. The molecule has 112 valence electrons. The third-order valence-electron chi connectivity index (χ3n) is 2.87. The maximum atomic E-state index is 11.3. The van der Waals surface area contributed by atoms with Crippen molar-refractivity contribution in [2.45, 2.75) is 6.54 Å². The lowest BCUT2D eigenvalue weighted by Gasteiger charge is -2.10. The Labute approximate surface area is 120 Å². The third-order valence-corrected chi connectivity index (χ3v) is 2.87. The van der Waals surface area contributed by atoms with Crippen LogP contribution in [0.4, 0.5) is 0 Å². The van der Waals surface area contributed by atoms with Gasteiger partial charge in [0.25, 0.3) is 0 Å². The minimum atomic E-state index is -1.20. The number of carbonyl (C=O) groups is 1. The highest BCUT2D eigenvalue weighted by atomic mass is 16.5. The first-order valence-corrected chi connectivity index (χ1v) is 6.11. The molecule has 0 bridgehead atoms. The molecule has 0 atom stereocenters. The summed E-state index contributed by atoms with van der Waals surface area (Å²) in [6.07, 6.45) is 0. The number of aliphatic hydroxyl groups is 1. The van der Waals surface area contributed by atoms with Crippen molar-refractivity contribution in [3.8, 4) is 22.8 Å². The van der Waals surface area contributed by atoms with Gasteiger partial charge >= 0.3 is 5.97 Å². The molecular formula is C13H15N3O5. The number of hydrogen-bond acceptors (Lipinski definition) is 6. The van der Waals surface area contributed by atoms with Crippen molar-refractivity contribution >= 4 is 5.97 Å². The number of aliphatic hydroxyl groups excluding tert-OH is 1. The molecule has 2 N–H and O–H groups in total. The molecule has 2 aromatic rings. The van der Waals surface area contributed by atoms with Gasteiger partial charge in [-0.2, -0.15) is 0 Å². The monoisotopic (exact) mass is 293 g/mol. The van der Waals surface area contributed by atoms with E-state index in [4.69, 9.17) is 14.6 Å². The minimum Gasteiger partial charge on any atom is -0.497 e. The van der Waals surface area contributed by atoms with E-state index in [1.165, 1.54) is 18.9 Å². The molecule has 21 heavy (non-hydrogen) atoms. The van der Waals surface area contributed by atoms with E-state index in [0.29, 0.717) is 17.1 Å². The Morgan fingerprint density at radius 1 is 1.24 bits per heavy atom. The summed E-state index contributed by atoms with van der Waals surface area (Å²) in [5, 5.41) is 25.7. The molecule has 0 saturated carbocycles. The van der Waals surface area contributed by atoms with Crippen LogP contribution in [-0.2, 0) is 6.54 Å². The van der Waals surface area contributed by atoms with Gasteiger partial charge in [0, 0.05) is 11.6 Å². The molecule has 0 radical (unpaired) electrons. The zero-order valence-corrected chi connectivity index (χ0v) is 11.6. The number of rotatable bonds is 6. The van der Waals surface area contributed by atoms with Crippen molar-refractivity contribution in [1.29, 1.82) is 0 Å². The van der Waals surface area contributed by atoms with Crippen LogP contribution in [0.15, 0.2) is 18.2 Å². The Morgan fingerprint density at radius 3 is 2.33 bits per heavy atom. The zero-order valence-electron chi connectivity index (χ0n) is 11.6. The molecule has 8 heteroatoms. The van der Waals surface area contributed by atoms with Crippen molar-refractivity contribution in [1.82, 2.24) is 15.0 Å². The van der Waals surface area contributed by atoms with Crippen LogP contribution in [0.5, 0.6) is 11.5 Å². The van der Waals surface area contributed by atoms with Crippen LogP contribution >= 0.6 is 0 Å². The molecule has 0 aliphatic rings. The summed E-state index contributed by atoms with van der Waals surface area (Å²) in [4.78, 5) is 11.3. The molecule has 1 aromatic heterocycles. The highest BCUT2D eigenvalue weighted by Gasteiger charge is 2.21. The Morgan fingerprint density at radius 2 is 1.86 bits per heavy atom. The summed E-state index contributed by atoms with van der Waals surface area (Å²) in [5.41, 5.74) is 0.620. The summed E-state index contributed by atoms with van der Waals surface area (Å²) in [6, 6.07) is 4.98. The first-order valence-electron chi connectivity index (χ1n) is 6.11. The molecule has 0 unspecified atom stereocenters. The maximum Gasteiger partial charge on any atom is 0.358 e. The Bertz CT molecular complexity index is 631. The van der Waals surface area contributed by atoms with Gasteiger partial charge in [0.2, 0.25) is 0 Å². The Balaban J connectivity index is 2.63. The van der Waals surface area contributed by atoms with Crippen LogP contribution in [0.25, 0.3) is 11.3 Å². The summed E-state index contributed by atoms with van der Waals surface area (Å²) >= 11 is 0. The second-order valence-corrected chi connectivity index (χ2v) is 4.14. The van der Waals surface area contributed by atoms with E-state index in [9.17, 15) is 9.90 Å². The largest absolute Gasteiger partial charge is 0.497 e. The normalized spacial score (nSPS) is 10.4. The number of aromatic nitrogens is 3. The van der Waals surface area contributed by atoms with Crippen molar-refractivity contribution in [2.24, 2.45) is 0 Å². The molecule has 2 rings (SSSR count). The number of carboxylic acids is 1. The lowest BCUT2D eigenvalue weighted by Crippen LogP contribution is -2.07. The first kappa shape index (κ1) is 14.8. The highest BCUT2D eigenvalue weighted by molar-refractivity contribution is 5.93. The standard InChI is InChI=1S/C13H15N3O5/c1-20-9-5-8(6-10(7-9)21-2)12-11(13(18)19)14-15-16(12)3-4-17/h5-7,17H,3-4H2,1-2H3,(H,18,19). The topological polar surface area (TPSA) is 107 Å². The van der Waals surface area contributed by atoms with Crippen LogP contribution in [0.2, 0.25) is 0 Å². The van der Waals surface area contributed by atoms with E-state index in [1.54, 1.807) is 18.2 Å². The molecule has 1 heterocycles. The van der Waals surface area contributed by atoms with E-state index in [1.807, 2.05) is 0 Å². The quantitative estimate of drug-likeness (QED) is 0.805. The van der Waals surface area contributed by atoms with Gasteiger partial charge in [0.1, 0.15) is 17.2 Å². The van der Waals surface area contributed by atoms with Gasteiger partial charge in [-0.15, -0.1) is 5.10 Å². The molecule has 1 aromatic carbocycles. The smallest absolute Gasteiger partial charge is 0.358 e. The van der Waals surface area contributed by atoms with E-state index in [0.717, 1.165) is 0 Å². The Kier molecular flexibility index (Phi) is 4.39. The molecule has 0 spiro atoms. The number of methoxy groups -OCH3 is 2. The minimum absolute atomic E-state index is 0.134. The SMILES string of the molecule is COc1cc(OC)cc(-c2c(C(=O)O)nnn2CCO)c1. The number of aromatic carboxylic acids is 1. The summed E-state index contributed by atoms with van der Waals surface area (Å²) < 4.78 is 11.7. The van der Waals surface area contributed by atoms with Crippen molar-refractivity contribution in [3.63, 3.8) is 0 Å². The van der Waals surface area contributed by atoms with Crippen molar-refractivity contribution in [2.75, 3.05) is 20.8 Å². The van der Waals surface area contributed by atoms with Crippen molar-refractivity contribution in [3.05, 3.63) is 23.9 Å². The van der Waals surface area contributed by atoms with E-state index < -0.39 is 5.97 Å².